The van der Waals surface area contributed by atoms with Gasteiger partial charge in [0.25, 0.3) is 0 Å². The van der Waals surface area contributed by atoms with Gasteiger partial charge in [-0.15, -0.1) is 11.3 Å². The van der Waals surface area contributed by atoms with Crippen LogP contribution in [0.1, 0.15) is 18.4 Å². The lowest BCUT2D eigenvalue weighted by Gasteiger charge is -2.08. The summed E-state index contributed by atoms with van der Waals surface area (Å²) in [7, 11) is 0. The van der Waals surface area contributed by atoms with E-state index in [1.54, 1.807) is 11.6 Å². The molecule has 0 unspecified atom stereocenters. The maximum Gasteiger partial charge on any atom is 0.205 e. The summed E-state index contributed by atoms with van der Waals surface area (Å²) in [6.45, 7) is 0.493. The summed E-state index contributed by atoms with van der Waals surface area (Å²) in [5.41, 5.74) is 9.19. The van der Waals surface area contributed by atoms with Crippen molar-refractivity contribution >= 4 is 44.4 Å². The van der Waals surface area contributed by atoms with Crippen LogP contribution in [-0.2, 0) is 0 Å². The van der Waals surface area contributed by atoms with Crippen molar-refractivity contribution in [3.8, 4) is 11.8 Å². The number of rotatable bonds is 7. The molecule has 0 fully saturated rings. The van der Waals surface area contributed by atoms with E-state index in [2.05, 4.69) is 37.5 Å². The Hall–Kier alpha value is -2.11. The van der Waals surface area contributed by atoms with E-state index < -0.39 is 0 Å². The number of halogens is 1. The fourth-order valence-electron chi connectivity index (χ4n) is 1.58. The Morgan fingerprint density at radius 1 is 1.55 bits per heavy atom. The average Bonchev–Trinajstić information content (AvgIpc) is 2.91. The molecule has 0 aliphatic rings. The molecular formula is C14H14BrN5OS. The van der Waals surface area contributed by atoms with Gasteiger partial charge >= 0.3 is 0 Å². The third-order valence-corrected chi connectivity index (χ3v) is 3.81. The summed E-state index contributed by atoms with van der Waals surface area (Å²) in [5.74, 6) is 1.18. The minimum absolute atomic E-state index is 0.465. The zero-order valence-electron chi connectivity index (χ0n) is 11.6. The number of benzene rings is 1. The number of thiazole rings is 1. The van der Waals surface area contributed by atoms with Gasteiger partial charge in [0.1, 0.15) is 11.6 Å². The van der Waals surface area contributed by atoms with E-state index >= 15 is 0 Å². The molecule has 1 aromatic heterocycles. The first-order valence-electron chi connectivity index (χ1n) is 6.48. The Kier molecular flexibility index (Phi) is 6.18. The van der Waals surface area contributed by atoms with Gasteiger partial charge in [-0.3, -0.25) is 5.43 Å². The summed E-state index contributed by atoms with van der Waals surface area (Å²) < 4.78 is 6.60. The van der Waals surface area contributed by atoms with Crippen molar-refractivity contribution in [1.29, 1.82) is 5.26 Å². The maximum absolute atomic E-state index is 8.53. The van der Waals surface area contributed by atoms with Gasteiger partial charge in [-0.1, -0.05) is 15.9 Å². The first kappa shape index (κ1) is 16.3. The van der Waals surface area contributed by atoms with Gasteiger partial charge in [-0.05, 0) is 24.6 Å². The molecule has 3 N–H and O–H groups in total. The number of hydrazone groups is 1. The number of anilines is 2. The predicted molar refractivity (Wildman–Crippen MR) is 92.2 cm³/mol. The van der Waals surface area contributed by atoms with E-state index in [9.17, 15) is 0 Å². The Morgan fingerprint density at radius 3 is 3.14 bits per heavy atom. The molecule has 114 valence electrons. The molecule has 0 aliphatic carbocycles. The monoisotopic (exact) mass is 379 g/mol. The molecule has 0 amide bonds. The van der Waals surface area contributed by atoms with Crippen LogP contribution in [-0.4, -0.2) is 17.8 Å². The Labute approximate surface area is 140 Å². The molecule has 2 rings (SSSR count). The van der Waals surface area contributed by atoms with Gasteiger partial charge in [-0.2, -0.15) is 10.4 Å². The van der Waals surface area contributed by atoms with Crippen LogP contribution in [0.15, 0.2) is 33.2 Å². The summed E-state index contributed by atoms with van der Waals surface area (Å²) >= 11 is 4.80. The van der Waals surface area contributed by atoms with E-state index in [4.69, 9.17) is 15.7 Å². The highest BCUT2D eigenvalue weighted by Gasteiger charge is 2.03. The van der Waals surface area contributed by atoms with Gasteiger partial charge in [-0.25, -0.2) is 4.98 Å². The van der Waals surface area contributed by atoms with Gasteiger partial charge < -0.3 is 10.5 Å². The highest BCUT2D eigenvalue weighted by atomic mass is 79.9. The zero-order valence-corrected chi connectivity index (χ0v) is 14.0. The van der Waals surface area contributed by atoms with Crippen LogP contribution in [0.5, 0.6) is 5.75 Å². The minimum Gasteiger partial charge on any atom is -0.493 e. The third kappa shape index (κ3) is 5.02. The molecular weight excluding hydrogens is 366 g/mol. The molecule has 0 spiro atoms. The van der Waals surface area contributed by atoms with E-state index in [0.29, 0.717) is 36.1 Å². The SMILES string of the molecule is N#CCCCOc1ccc(Br)cc1C=NNc1nc(N)cs1. The van der Waals surface area contributed by atoms with Crippen LogP contribution >= 0.6 is 27.3 Å². The minimum atomic E-state index is 0.465. The molecule has 0 radical (unpaired) electrons. The van der Waals surface area contributed by atoms with Crippen molar-refractivity contribution in [2.45, 2.75) is 12.8 Å². The van der Waals surface area contributed by atoms with Crippen LogP contribution in [0.2, 0.25) is 0 Å². The van der Waals surface area contributed by atoms with Crippen LogP contribution < -0.4 is 15.9 Å². The molecule has 0 saturated carbocycles. The van der Waals surface area contributed by atoms with Crippen LogP contribution in [0.4, 0.5) is 10.9 Å². The second-order valence-corrected chi connectivity index (χ2v) is 6.01. The normalized spacial score (nSPS) is 10.5. The van der Waals surface area contributed by atoms with E-state index in [1.807, 2.05) is 18.2 Å². The lowest BCUT2D eigenvalue weighted by Crippen LogP contribution is -2.00. The Bertz CT molecular complexity index is 695. The Balaban J connectivity index is 2.01. The topological polar surface area (TPSA) is 96.3 Å². The molecule has 6 nitrogen and oxygen atoms in total. The number of hydrogen-bond donors (Lipinski definition) is 2. The highest BCUT2D eigenvalue weighted by Crippen LogP contribution is 2.22. The number of ether oxygens (including phenoxy) is 1. The zero-order chi connectivity index (χ0) is 15.8. The number of nitrogens with one attached hydrogen (secondary N) is 1. The summed E-state index contributed by atoms with van der Waals surface area (Å²) in [5, 5.41) is 15.0. The van der Waals surface area contributed by atoms with Crippen LogP contribution in [0.25, 0.3) is 0 Å². The average molecular weight is 380 g/mol. The van der Waals surface area contributed by atoms with Gasteiger partial charge in [0.15, 0.2) is 0 Å². The molecule has 0 atom stereocenters. The number of unbranched alkanes of at least 4 members (excludes halogenated alkanes) is 1. The molecule has 8 heteroatoms. The fraction of sp³-hybridized carbons (Fsp3) is 0.214. The number of nitrogens with zero attached hydrogens (tertiary/aromatic N) is 3. The van der Waals surface area contributed by atoms with Crippen molar-refractivity contribution in [1.82, 2.24) is 4.98 Å². The number of hydrogen-bond acceptors (Lipinski definition) is 7. The van der Waals surface area contributed by atoms with Crippen LogP contribution in [0.3, 0.4) is 0 Å². The molecule has 2 aromatic rings. The predicted octanol–water partition coefficient (Wildman–Crippen LogP) is 3.62. The molecule has 1 aromatic carbocycles. The van der Waals surface area contributed by atoms with E-state index in [-0.39, 0.29) is 0 Å². The van der Waals surface area contributed by atoms with Crippen molar-refractivity contribution in [2.75, 3.05) is 17.8 Å². The van der Waals surface area contributed by atoms with E-state index in [1.165, 1.54) is 11.3 Å². The van der Waals surface area contributed by atoms with Gasteiger partial charge in [0.05, 0.1) is 18.9 Å². The fourth-order valence-corrected chi connectivity index (χ4v) is 2.51. The lowest BCUT2D eigenvalue weighted by atomic mass is 10.2. The number of nitrogen functional groups attached to an aromatic ring is 1. The van der Waals surface area contributed by atoms with Crippen molar-refractivity contribution in [3.05, 3.63) is 33.6 Å². The van der Waals surface area contributed by atoms with Crippen LogP contribution in [0, 0.1) is 11.3 Å². The Morgan fingerprint density at radius 2 is 2.41 bits per heavy atom. The van der Waals surface area contributed by atoms with E-state index in [0.717, 1.165) is 10.0 Å². The second kappa shape index (κ2) is 8.36. The molecule has 22 heavy (non-hydrogen) atoms. The van der Waals surface area contributed by atoms with Gasteiger partial charge in [0.2, 0.25) is 5.13 Å². The quantitative estimate of drug-likeness (QED) is 0.435. The second-order valence-electron chi connectivity index (χ2n) is 4.24. The molecule has 0 aliphatic heterocycles. The number of nitriles is 1. The summed E-state index contributed by atoms with van der Waals surface area (Å²) in [6.07, 6.45) is 2.83. The summed E-state index contributed by atoms with van der Waals surface area (Å²) in [6, 6.07) is 7.75. The summed E-state index contributed by atoms with van der Waals surface area (Å²) in [4.78, 5) is 4.05. The van der Waals surface area contributed by atoms with Crippen molar-refractivity contribution < 1.29 is 4.74 Å². The maximum atomic E-state index is 8.53. The highest BCUT2D eigenvalue weighted by molar-refractivity contribution is 9.10. The smallest absolute Gasteiger partial charge is 0.205 e. The molecule has 1 heterocycles. The van der Waals surface area contributed by atoms with Gasteiger partial charge in [0, 0.05) is 21.8 Å². The van der Waals surface area contributed by atoms with Crippen molar-refractivity contribution in [3.63, 3.8) is 0 Å². The lowest BCUT2D eigenvalue weighted by molar-refractivity contribution is 0.312. The largest absolute Gasteiger partial charge is 0.493 e. The molecule has 0 bridgehead atoms. The number of aromatic nitrogens is 1. The first-order chi connectivity index (χ1) is 10.7. The first-order valence-corrected chi connectivity index (χ1v) is 8.15. The standard InChI is InChI=1S/C14H14BrN5OS/c15-11-3-4-12(21-6-2-1-5-16)10(7-11)8-18-20-14-19-13(17)9-22-14/h3-4,7-9H,1-2,6,17H2,(H,19,20). The molecule has 0 saturated heterocycles. The van der Waals surface area contributed by atoms with Crippen molar-refractivity contribution in [2.24, 2.45) is 5.10 Å². The number of nitrogens with two attached hydrogens (primary N) is 1. The third-order valence-electron chi connectivity index (χ3n) is 2.55.